The van der Waals surface area contributed by atoms with Crippen LogP contribution in [0, 0.1) is 10.1 Å². The Labute approximate surface area is 91.6 Å². The van der Waals surface area contributed by atoms with E-state index in [1.54, 1.807) is 12.2 Å². The number of pyridine rings is 1. The highest BCUT2D eigenvalue weighted by atomic mass is 32.1. The molecule has 0 aliphatic heterocycles. The van der Waals surface area contributed by atoms with Crippen molar-refractivity contribution in [2.24, 2.45) is 0 Å². The number of nitro groups is 1. The van der Waals surface area contributed by atoms with E-state index in [0.717, 1.165) is 0 Å². The molecular weight excluding hydrogens is 216 g/mol. The number of hydrogen-bond donors (Lipinski definition) is 1. The first-order chi connectivity index (χ1) is 7.16. The highest BCUT2D eigenvalue weighted by Gasteiger charge is 2.12. The van der Waals surface area contributed by atoms with Crippen LogP contribution in [-0.4, -0.2) is 15.2 Å². The van der Waals surface area contributed by atoms with Gasteiger partial charge in [0, 0.05) is 24.6 Å². The van der Waals surface area contributed by atoms with E-state index in [2.05, 4.69) is 12.6 Å². The Morgan fingerprint density at radius 3 is 2.87 bits per heavy atom. The second kappa shape index (κ2) is 5.35. The zero-order valence-corrected chi connectivity index (χ0v) is 8.76. The third kappa shape index (κ3) is 2.95. The molecule has 80 valence electrons. The summed E-state index contributed by atoms with van der Waals surface area (Å²) in [5, 5.41) is 10.5. The average Bonchev–Trinajstić information content (AvgIpc) is 2.20. The van der Waals surface area contributed by atoms with Gasteiger partial charge in [-0.3, -0.25) is 14.9 Å². The van der Waals surface area contributed by atoms with Crippen LogP contribution in [0.5, 0.6) is 0 Å². The average molecular weight is 226 g/mol. The van der Waals surface area contributed by atoms with Gasteiger partial charge >= 0.3 is 11.2 Å². The predicted molar refractivity (Wildman–Crippen MR) is 60.3 cm³/mol. The van der Waals surface area contributed by atoms with Gasteiger partial charge in [0.05, 0.1) is 4.92 Å². The third-order valence-corrected chi connectivity index (χ3v) is 1.98. The number of hydrogen-bond acceptors (Lipinski definition) is 4. The van der Waals surface area contributed by atoms with E-state index >= 15 is 0 Å². The zero-order valence-electron chi connectivity index (χ0n) is 7.87. The lowest BCUT2D eigenvalue weighted by Crippen LogP contribution is -2.21. The molecule has 1 rings (SSSR count). The van der Waals surface area contributed by atoms with Crippen molar-refractivity contribution in [1.29, 1.82) is 0 Å². The van der Waals surface area contributed by atoms with Crippen molar-refractivity contribution in [1.82, 2.24) is 4.57 Å². The maximum atomic E-state index is 11.5. The van der Waals surface area contributed by atoms with E-state index in [-0.39, 0.29) is 0 Å². The second-order valence-corrected chi connectivity index (χ2v) is 3.13. The first kappa shape index (κ1) is 11.5. The fourth-order valence-corrected chi connectivity index (χ4v) is 1.22. The van der Waals surface area contributed by atoms with Crippen molar-refractivity contribution >= 4 is 18.3 Å². The lowest BCUT2D eigenvalue weighted by molar-refractivity contribution is -0.386. The molecule has 0 bridgehead atoms. The van der Waals surface area contributed by atoms with Crippen LogP contribution in [0.3, 0.4) is 0 Å². The molecule has 0 spiro atoms. The standard InChI is InChI=1S/C9H10N2O3S/c12-9-8(11(13)14)4-3-6-10(9)5-1-2-7-15/h1-4,6,15H,5,7H2. The summed E-state index contributed by atoms with van der Waals surface area (Å²) in [6, 6.07) is 2.68. The second-order valence-electron chi connectivity index (χ2n) is 2.76. The fraction of sp³-hybridized carbons (Fsp3) is 0.222. The Hall–Kier alpha value is -1.56. The maximum absolute atomic E-state index is 11.5. The molecule has 1 aromatic rings. The Balaban J connectivity index is 3.00. The van der Waals surface area contributed by atoms with Gasteiger partial charge in [0.25, 0.3) is 0 Å². The van der Waals surface area contributed by atoms with Crippen molar-refractivity contribution < 1.29 is 4.92 Å². The number of thiol groups is 1. The number of aromatic nitrogens is 1. The van der Waals surface area contributed by atoms with Crippen LogP contribution in [0.15, 0.2) is 35.3 Å². The Morgan fingerprint density at radius 1 is 1.53 bits per heavy atom. The Morgan fingerprint density at radius 2 is 2.27 bits per heavy atom. The van der Waals surface area contributed by atoms with E-state index in [4.69, 9.17) is 0 Å². The molecule has 0 radical (unpaired) electrons. The summed E-state index contributed by atoms with van der Waals surface area (Å²) in [6.45, 7) is 0.321. The minimum atomic E-state index is -0.679. The fourth-order valence-electron chi connectivity index (χ4n) is 1.07. The summed E-state index contributed by atoms with van der Waals surface area (Å²) in [5.74, 6) is 0.573. The SMILES string of the molecule is O=c1c([N+](=O)[O-])cccn1CC=CCS. The van der Waals surface area contributed by atoms with E-state index in [9.17, 15) is 14.9 Å². The summed E-state index contributed by atoms with van der Waals surface area (Å²) in [7, 11) is 0. The molecule has 0 N–H and O–H groups in total. The minimum Gasteiger partial charge on any atom is -0.306 e. The van der Waals surface area contributed by atoms with Gasteiger partial charge in [-0.15, -0.1) is 0 Å². The molecule has 6 heteroatoms. The van der Waals surface area contributed by atoms with Crippen molar-refractivity contribution in [2.75, 3.05) is 5.75 Å². The van der Waals surface area contributed by atoms with Gasteiger partial charge in [0.2, 0.25) is 0 Å². The molecule has 1 aromatic heterocycles. The van der Waals surface area contributed by atoms with Gasteiger partial charge in [-0.05, 0) is 6.07 Å². The van der Waals surface area contributed by atoms with Gasteiger partial charge in [-0.1, -0.05) is 12.2 Å². The van der Waals surface area contributed by atoms with Crippen molar-refractivity contribution in [2.45, 2.75) is 6.54 Å². The van der Waals surface area contributed by atoms with Crippen LogP contribution in [-0.2, 0) is 6.54 Å². The van der Waals surface area contributed by atoms with Crippen molar-refractivity contribution in [3.05, 3.63) is 50.9 Å². The number of rotatable bonds is 4. The molecule has 0 amide bonds. The van der Waals surface area contributed by atoms with Crippen LogP contribution >= 0.6 is 12.6 Å². The van der Waals surface area contributed by atoms with Crippen molar-refractivity contribution in [3.8, 4) is 0 Å². The molecule has 0 aliphatic rings. The van der Waals surface area contributed by atoms with Crippen LogP contribution in [0.2, 0.25) is 0 Å². The Bertz CT molecular complexity index is 439. The van der Waals surface area contributed by atoms with E-state index < -0.39 is 16.2 Å². The van der Waals surface area contributed by atoms with Gasteiger partial charge in [0.15, 0.2) is 0 Å². The van der Waals surface area contributed by atoms with Crippen LogP contribution in [0.4, 0.5) is 5.69 Å². The first-order valence-electron chi connectivity index (χ1n) is 4.26. The largest absolute Gasteiger partial charge is 0.334 e. The summed E-state index contributed by atoms with van der Waals surface area (Å²) >= 11 is 3.96. The van der Waals surface area contributed by atoms with Crippen LogP contribution in [0.1, 0.15) is 0 Å². The molecule has 0 aliphatic carbocycles. The molecule has 0 unspecified atom stereocenters. The molecule has 15 heavy (non-hydrogen) atoms. The molecule has 0 saturated carbocycles. The van der Waals surface area contributed by atoms with E-state index in [0.29, 0.717) is 12.3 Å². The summed E-state index contributed by atoms with van der Waals surface area (Å²) in [6.07, 6.45) is 5.02. The molecular formula is C9H10N2O3S. The molecule has 0 aromatic carbocycles. The van der Waals surface area contributed by atoms with Crippen molar-refractivity contribution in [3.63, 3.8) is 0 Å². The highest BCUT2D eigenvalue weighted by Crippen LogP contribution is 2.01. The topological polar surface area (TPSA) is 65.1 Å². The van der Waals surface area contributed by atoms with Gasteiger partial charge in [-0.2, -0.15) is 12.6 Å². The third-order valence-electron chi connectivity index (χ3n) is 1.77. The Kier molecular flexibility index (Phi) is 4.11. The maximum Gasteiger partial charge on any atom is 0.334 e. The molecule has 0 fully saturated rings. The van der Waals surface area contributed by atoms with E-state index in [1.165, 1.54) is 22.9 Å². The highest BCUT2D eigenvalue weighted by molar-refractivity contribution is 7.80. The summed E-state index contributed by atoms with van der Waals surface area (Å²) < 4.78 is 1.28. The lowest BCUT2D eigenvalue weighted by atomic mass is 10.4. The molecule has 0 atom stereocenters. The summed E-state index contributed by atoms with van der Waals surface area (Å²) in [4.78, 5) is 21.3. The molecule has 5 nitrogen and oxygen atoms in total. The monoisotopic (exact) mass is 226 g/mol. The van der Waals surface area contributed by atoms with Gasteiger partial charge in [-0.25, -0.2) is 0 Å². The quantitative estimate of drug-likeness (QED) is 0.363. The lowest BCUT2D eigenvalue weighted by Gasteiger charge is -2.00. The first-order valence-corrected chi connectivity index (χ1v) is 4.89. The minimum absolute atomic E-state index is 0.321. The molecule has 1 heterocycles. The number of nitrogens with zero attached hydrogens (tertiary/aromatic N) is 2. The molecule has 0 saturated heterocycles. The zero-order chi connectivity index (χ0) is 11.3. The van der Waals surface area contributed by atoms with Gasteiger partial charge < -0.3 is 4.57 Å². The predicted octanol–water partition coefficient (Wildman–Crippen LogP) is 1.24. The summed E-state index contributed by atoms with van der Waals surface area (Å²) in [5.41, 5.74) is -0.997. The normalized spacial score (nSPS) is 10.7. The number of allylic oxidation sites excluding steroid dienone is 1. The van der Waals surface area contributed by atoms with E-state index in [1.807, 2.05) is 0 Å². The van der Waals surface area contributed by atoms with Crippen LogP contribution < -0.4 is 5.56 Å². The van der Waals surface area contributed by atoms with Crippen LogP contribution in [0.25, 0.3) is 0 Å². The smallest absolute Gasteiger partial charge is 0.306 e. The van der Waals surface area contributed by atoms with Gasteiger partial charge in [0.1, 0.15) is 0 Å².